The molecular formula is C46H52N8O6. The minimum Gasteiger partial charge on any atom is -0.371 e. The Bertz CT molecular complexity index is 2340. The monoisotopic (exact) mass is 812 g/mol. The fourth-order valence-corrected chi connectivity index (χ4v) is 9.92. The first-order valence-corrected chi connectivity index (χ1v) is 21.6. The molecule has 0 aliphatic carbocycles. The second-order valence-electron chi connectivity index (χ2n) is 17.2. The molecule has 14 heteroatoms. The van der Waals surface area contributed by atoms with Gasteiger partial charge in [0, 0.05) is 56.3 Å². The fourth-order valence-electron chi connectivity index (χ4n) is 9.92. The molecule has 4 aromatic rings. The lowest BCUT2D eigenvalue weighted by molar-refractivity contribution is -0.136. The Kier molecular flexibility index (Phi) is 11.0. The summed E-state index contributed by atoms with van der Waals surface area (Å²) >= 11 is 0. The largest absolute Gasteiger partial charge is 0.371 e. The first-order chi connectivity index (χ1) is 29.1. The number of imide groups is 2. The van der Waals surface area contributed by atoms with Crippen molar-refractivity contribution in [2.24, 2.45) is 5.92 Å². The number of benzene rings is 3. The van der Waals surface area contributed by atoms with Crippen LogP contribution in [0.3, 0.4) is 0 Å². The third kappa shape index (κ3) is 7.92. The van der Waals surface area contributed by atoms with E-state index in [1.54, 1.807) is 12.1 Å². The standard InChI is InChI=1S/C46H52N8O6/c1-28-4-3-21-53(28)27-39-48-35-13-12-33(26-36(35)49-39)47-43(57)32-10-8-30(9-11-32)31-19-24-52(25-20-31)41(56)16-7-29-17-22-51(23-18-29)37-6-2-5-34-42(37)46(60)54(45(34)59)38-14-15-40(55)50-44(38)58/h2,5-6,8-13,26,28-29,31,38H,3-4,7,14-25,27H2,1H3,(H,47,57)(H,48,49)(H,50,55,58)/t28-,38?/m0/s1. The number of rotatable bonds is 10. The van der Waals surface area contributed by atoms with Crippen molar-refractivity contribution in [2.45, 2.75) is 95.7 Å². The van der Waals surface area contributed by atoms with Crippen LogP contribution in [0.1, 0.15) is 120 Å². The Hall–Kier alpha value is -5.89. The van der Waals surface area contributed by atoms with Gasteiger partial charge in [0.25, 0.3) is 17.7 Å². The minimum atomic E-state index is -0.998. The predicted molar refractivity (Wildman–Crippen MR) is 225 cm³/mol. The van der Waals surface area contributed by atoms with Crippen molar-refractivity contribution in [3.63, 3.8) is 0 Å². The molecule has 0 radical (unpaired) electrons. The van der Waals surface area contributed by atoms with Crippen LogP contribution in [0.25, 0.3) is 11.0 Å². The van der Waals surface area contributed by atoms with Gasteiger partial charge in [-0.3, -0.25) is 43.9 Å². The summed E-state index contributed by atoms with van der Waals surface area (Å²) in [6.07, 6.45) is 7.43. The van der Waals surface area contributed by atoms with Gasteiger partial charge in [0.2, 0.25) is 17.7 Å². The molecule has 9 rings (SSSR count). The zero-order valence-corrected chi connectivity index (χ0v) is 34.1. The lowest BCUT2D eigenvalue weighted by Gasteiger charge is -2.35. The van der Waals surface area contributed by atoms with Gasteiger partial charge in [-0.25, -0.2) is 4.98 Å². The Labute approximate surface area is 349 Å². The highest BCUT2D eigenvalue weighted by atomic mass is 16.2. The van der Waals surface area contributed by atoms with Gasteiger partial charge in [-0.1, -0.05) is 18.2 Å². The molecule has 1 aromatic heterocycles. The van der Waals surface area contributed by atoms with Crippen LogP contribution >= 0.6 is 0 Å². The van der Waals surface area contributed by atoms with E-state index in [2.05, 4.69) is 32.3 Å². The van der Waals surface area contributed by atoms with Crippen molar-refractivity contribution in [1.82, 2.24) is 30.0 Å². The molecule has 0 saturated carbocycles. The number of aromatic amines is 1. The molecule has 5 aliphatic rings. The van der Waals surface area contributed by atoms with Crippen LogP contribution in [0.2, 0.25) is 0 Å². The molecule has 60 heavy (non-hydrogen) atoms. The van der Waals surface area contributed by atoms with Crippen LogP contribution in [0, 0.1) is 5.92 Å². The van der Waals surface area contributed by atoms with Gasteiger partial charge in [-0.2, -0.15) is 0 Å². The molecular weight excluding hydrogens is 761 g/mol. The maximum atomic E-state index is 13.6. The van der Waals surface area contributed by atoms with Gasteiger partial charge < -0.3 is 20.1 Å². The molecule has 3 N–H and O–H groups in total. The van der Waals surface area contributed by atoms with E-state index >= 15 is 0 Å². The molecule has 6 heterocycles. The maximum absolute atomic E-state index is 13.6. The van der Waals surface area contributed by atoms with E-state index in [9.17, 15) is 28.8 Å². The number of carbonyl (C=O) groups excluding carboxylic acids is 6. The van der Waals surface area contributed by atoms with Crippen LogP contribution < -0.4 is 15.5 Å². The van der Waals surface area contributed by atoms with Crippen LogP contribution in [0.4, 0.5) is 11.4 Å². The molecule has 4 fully saturated rings. The average Bonchev–Trinajstić information content (AvgIpc) is 3.94. The molecule has 0 bridgehead atoms. The highest BCUT2D eigenvalue weighted by molar-refractivity contribution is 6.25. The van der Waals surface area contributed by atoms with Crippen LogP contribution in [0.15, 0.2) is 60.7 Å². The zero-order chi connectivity index (χ0) is 41.5. The summed E-state index contributed by atoms with van der Waals surface area (Å²) in [5.41, 5.74) is 5.59. The number of fused-ring (bicyclic) bond motifs is 2. The summed E-state index contributed by atoms with van der Waals surface area (Å²) in [4.78, 5) is 93.4. The Balaban J connectivity index is 0.719. The summed E-state index contributed by atoms with van der Waals surface area (Å²) in [7, 11) is 0. The number of nitrogens with one attached hydrogen (secondary N) is 3. The number of amides is 6. The molecule has 2 atom stereocenters. The molecule has 5 aliphatic heterocycles. The quantitative estimate of drug-likeness (QED) is 0.173. The van der Waals surface area contributed by atoms with E-state index in [0.29, 0.717) is 67.3 Å². The molecule has 1 unspecified atom stereocenters. The van der Waals surface area contributed by atoms with Crippen molar-refractivity contribution in [2.75, 3.05) is 42.9 Å². The van der Waals surface area contributed by atoms with Crippen LogP contribution in [-0.2, 0) is 20.9 Å². The van der Waals surface area contributed by atoms with Crippen molar-refractivity contribution < 1.29 is 28.8 Å². The van der Waals surface area contributed by atoms with Crippen molar-refractivity contribution in [3.05, 3.63) is 88.7 Å². The first kappa shape index (κ1) is 39.6. The van der Waals surface area contributed by atoms with Gasteiger partial charge >= 0.3 is 0 Å². The number of H-pyrrole nitrogens is 1. The third-order valence-electron chi connectivity index (χ3n) is 13.5. The number of likely N-dealkylation sites (tertiary alicyclic amines) is 2. The topological polar surface area (TPSA) is 168 Å². The smallest absolute Gasteiger partial charge is 0.264 e. The summed E-state index contributed by atoms with van der Waals surface area (Å²) in [5, 5.41) is 5.29. The minimum absolute atomic E-state index is 0.0780. The van der Waals surface area contributed by atoms with E-state index in [1.165, 1.54) is 18.4 Å². The van der Waals surface area contributed by atoms with E-state index in [4.69, 9.17) is 4.98 Å². The molecule has 6 amide bonds. The molecule has 312 valence electrons. The number of nitrogens with zero attached hydrogens (tertiary/aromatic N) is 5. The van der Waals surface area contributed by atoms with Gasteiger partial charge in [0.05, 0.1) is 34.4 Å². The summed E-state index contributed by atoms with van der Waals surface area (Å²) < 4.78 is 0. The fraction of sp³-hybridized carbons (Fsp3) is 0.457. The number of aromatic nitrogens is 2. The van der Waals surface area contributed by atoms with Crippen molar-refractivity contribution >= 4 is 57.9 Å². The number of anilines is 2. The Morgan fingerprint density at radius 3 is 2.37 bits per heavy atom. The predicted octanol–water partition coefficient (Wildman–Crippen LogP) is 5.60. The summed E-state index contributed by atoms with van der Waals surface area (Å²) in [6.45, 7) is 6.97. The highest BCUT2D eigenvalue weighted by Crippen LogP contribution is 2.37. The number of carbonyl (C=O) groups is 6. The molecule has 3 aromatic carbocycles. The molecule has 14 nitrogen and oxygen atoms in total. The number of piperidine rings is 3. The normalized spacial score (nSPS) is 21.9. The second kappa shape index (κ2) is 16.6. The van der Waals surface area contributed by atoms with Crippen molar-refractivity contribution in [1.29, 1.82) is 0 Å². The SMILES string of the molecule is C[C@H]1CCCN1Cc1nc2ccc(NC(=O)c3ccc(C4CCN(C(=O)CCC5CCN(c6cccc7c6C(=O)N(C6CCC(=O)NC6=O)C7=O)CC5)CC4)cc3)cc2[nH]1. The lowest BCUT2D eigenvalue weighted by Crippen LogP contribution is -2.54. The number of hydrogen-bond donors (Lipinski definition) is 3. The first-order valence-electron chi connectivity index (χ1n) is 21.6. The van der Waals surface area contributed by atoms with Gasteiger partial charge in [-0.05, 0) is 125 Å². The third-order valence-corrected chi connectivity index (χ3v) is 13.5. The van der Waals surface area contributed by atoms with Gasteiger partial charge in [0.1, 0.15) is 11.9 Å². The van der Waals surface area contributed by atoms with Crippen LogP contribution in [0.5, 0.6) is 0 Å². The number of hydrogen-bond acceptors (Lipinski definition) is 9. The van der Waals surface area contributed by atoms with E-state index in [1.807, 2.05) is 53.4 Å². The lowest BCUT2D eigenvalue weighted by atomic mass is 9.88. The Morgan fingerprint density at radius 1 is 0.850 bits per heavy atom. The summed E-state index contributed by atoms with van der Waals surface area (Å²) in [6, 6.07) is 18.4. The highest BCUT2D eigenvalue weighted by Gasteiger charge is 2.46. The number of imidazole rings is 1. The van der Waals surface area contributed by atoms with Gasteiger partial charge in [-0.15, -0.1) is 0 Å². The van der Waals surface area contributed by atoms with E-state index in [-0.39, 0.29) is 30.2 Å². The zero-order valence-electron chi connectivity index (χ0n) is 34.1. The summed E-state index contributed by atoms with van der Waals surface area (Å²) in [5.74, 6) is -0.339. The second-order valence-corrected chi connectivity index (χ2v) is 17.2. The van der Waals surface area contributed by atoms with E-state index < -0.39 is 29.7 Å². The maximum Gasteiger partial charge on any atom is 0.264 e. The Morgan fingerprint density at radius 2 is 1.63 bits per heavy atom. The van der Waals surface area contributed by atoms with Crippen molar-refractivity contribution in [3.8, 4) is 0 Å². The van der Waals surface area contributed by atoms with Gasteiger partial charge in [0.15, 0.2) is 0 Å². The molecule has 4 saturated heterocycles. The van der Waals surface area contributed by atoms with E-state index in [0.717, 1.165) is 72.6 Å². The van der Waals surface area contributed by atoms with Crippen LogP contribution in [-0.4, -0.2) is 105 Å². The average molecular weight is 813 g/mol. The molecule has 0 spiro atoms.